The van der Waals surface area contributed by atoms with Crippen molar-refractivity contribution in [1.82, 2.24) is 0 Å². The molecule has 1 aromatic rings. The van der Waals surface area contributed by atoms with Crippen LogP contribution in [0.5, 0.6) is 0 Å². The Hall–Kier alpha value is -0.280. The first-order chi connectivity index (χ1) is 3.89. The van der Waals surface area contributed by atoms with Crippen molar-refractivity contribution < 1.29 is 4.21 Å². The van der Waals surface area contributed by atoms with Crippen molar-refractivity contribution in [3.05, 3.63) is 22.4 Å². The van der Waals surface area contributed by atoms with E-state index >= 15 is 0 Å². The summed E-state index contributed by atoms with van der Waals surface area (Å²) in [7, 11) is 0. The van der Waals surface area contributed by atoms with Crippen LogP contribution >= 0.6 is 11.3 Å². The molecule has 0 aliphatic carbocycles. The van der Waals surface area contributed by atoms with E-state index < -0.39 is 0 Å². The highest BCUT2D eigenvalue weighted by molar-refractivity contribution is 7.44. The Morgan fingerprint density at radius 2 is 2.25 bits per heavy atom. The van der Waals surface area contributed by atoms with Crippen LogP contribution in [0.15, 0.2) is 17.5 Å². The monoisotopic (exact) mass is 146 g/mol. The molecule has 1 nitrogen and oxygen atoms in total. The van der Waals surface area contributed by atoms with Gasteiger partial charge in [0.1, 0.15) is 0 Å². The van der Waals surface area contributed by atoms with Gasteiger partial charge in [-0.15, -0.1) is 11.3 Å². The van der Waals surface area contributed by atoms with E-state index in [1.165, 1.54) is 4.88 Å². The van der Waals surface area contributed by atoms with E-state index in [0.29, 0.717) is 0 Å². The SMILES string of the molecule is Cc1cccs1.O=S. The molecule has 0 amide bonds. The van der Waals surface area contributed by atoms with Gasteiger partial charge in [-0.05, 0) is 18.4 Å². The number of hydrogen-bond donors (Lipinski definition) is 0. The van der Waals surface area contributed by atoms with Crippen LogP contribution in [-0.2, 0) is 12.5 Å². The van der Waals surface area contributed by atoms with Crippen molar-refractivity contribution in [3.8, 4) is 0 Å². The normalized spacial score (nSPS) is 7.12. The van der Waals surface area contributed by atoms with Gasteiger partial charge in [0.2, 0.25) is 0 Å². The Bertz CT molecular complexity index is 125. The minimum atomic E-state index is 1.38. The molecule has 1 heterocycles. The summed E-state index contributed by atoms with van der Waals surface area (Å²) in [5.74, 6) is 0. The molecular formula is C5H6OS2. The summed E-state index contributed by atoms with van der Waals surface area (Å²) >= 11 is 4.61. The van der Waals surface area contributed by atoms with Crippen molar-refractivity contribution in [2.75, 3.05) is 0 Å². The van der Waals surface area contributed by atoms with E-state index in [4.69, 9.17) is 4.21 Å². The summed E-state index contributed by atoms with van der Waals surface area (Å²) in [6.07, 6.45) is 0. The van der Waals surface area contributed by atoms with Gasteiger partial charge in [0.05, 0.1) is 0 Å². The van der Waals surface area contributed by atoms with Crippen LogP contribution in [0.2, 0.25) is 0 Å². The molecule has 0 radical (unpaired) electrons. The topological polar surface area (TPSA) is 17.1 Å². The van der Waals surface area contributed by atoms with Crippen LogP contribution in [0.4, 0.5) is 0 Å². The fraction of sp³-hybridized carbons (Fsp3) is 0.200. The van der Waals surface area contributed by atoms with Crippen LogP contribution < -0.4 is 0 Å². The molecule has 3 heteroatoms. The molecule has 0 aromatic carbocycles. The smallest absolute Gasteiger partial charge is 0.197 e. The standard InChI is InChI=1S/C5H6S.OS/c1-5-3-2-4-6-5;1-2/h2-4H,1H3;. The van der Waals surface area contributed by atoms with E-state index in [9.17, 15) is 0 Å². The Morgan fingerprint density at radius 3 is 2.38 bits per heavy atom. The fourth-order valence-corrected chi connectivity index (χ4v) is 0.890. The second-order valence-corrected chi connectivity index (χ2v) is 2.38. The summed E-state index contributed by atoms with van der Waals surface area (Å²) in [5, 5.41) is 2.08. The van der Waals surface area contributed by atoms with Gasteiger partial charge in [-0.1, -0.05) is 6.07 Å². The summed E-state index contributed by atoms with van der Waals surface area (Å²) in [6, 6.07) is 4.16. The van der Waals surface area contributed by atoms with Crippen molar-refractivity contribution in [2.24, 2.45) is 0 Å². The second kappa shape index (κ2) is 4.87. The van der Waals surface area contributed by atoms with Gasteiger partial charge in [-0.2, -0.15) is 4.21 Å². The predicted octanol–water partition coefficient (Wildman–Crippen LogP) is 1.72. The lowest BCUT2D eigenvalue weighted by molar-refractivity contribution is 0.702. The Balaban J connectivity index is 0.000000222. The van der Waals surface area contributed by atoms with Crippen molar-refractivity contribution in [1.29, 1.82) is 0 Å². The number of hydrogen-bond acceptors (Lipinski definition) is 3. The molecule has 0 saturated heterocycles. The van der Waals surface area contributed by atoms with Gasteiger partial charge in [-0.3, -0.25) is 0 Å². The molecule has 1 aromatic heterocycles. The van der Waals surface area contributed by atoms with E-state index in [1.54, 1.807) is 11.3 Å². The largest absolute Gasteiger partial charge is 0.197 e. The summed E-state index contributed by atoms with van der Waals surface area (Å²) in [5.41, 5.74) is 0. The van der Waals surface area contributed by atoms with E-state index in [-0.39, 0.29) is 0 Å². The van der Waals surface area contributed by atoms with Crippen LogP contribution in [0, 0.1) is 6.92 Å². The molecule has 0 spiro atoms. The molecule has 44 valence electrons. The molecule has 0 fully saturated rings. The number of thiophene rings is 1. The van der Waals surface area contributed by atoms with Crippen LogP contribution in [-0.4, -0.2) is 4.21 Å². The lowest BCUT2D eigenvalue weighted by atomic mass is 10.5. The van der Waals surface area contributed by atoms with Gasteiger partial charge < -0.3 is 0 Å². The van der Waals surface area contributed by atoms with Gasteiger partial charge in [-0.25, -0.2) is 0 Å². The lowest BCUT2D eigenvalue weighted by Crippen LogP contribution is -1.42. The van der Waals surface area contributed by atoms with Crippen molar-refractivity contribution in [3.63, 3.8) is 0 Å². The third-order valence-electron chi connectivity index (χ3n) is 0.663. The molecular weight excluding hydrogens is 140 g/mol. The number of aryl methyl sites for hydroxylation is 1. The minimum Gasteiger partial charge on any atom is -0.197 e. The molecule has 0 atom stereocenters. The summed E-state index contributed by atoms with van der Waals surface area (Å²) in [6.45, 7) is 2.10. The zero-order chi connectivity index (χ0) is 6.41. The highest BCUT2D eigenvalue weighted by atomic mass is 32.1. The zero-order valence-electron chi connectivity index (χ0n) is 4.46. The molecule has 0 unspecified atom stereocenters. The lowest BCUT2D eigenvalue weighted by Gasteiger charge is -1.65. The first-order valence-corrected chi connectivity index (χ1v) is 3.27. The first kappa shape index (κ1) is 7.72. The van der Waals surface area contributed by atoms with Gasteiger partial charge in [0, 0.05) is 4.88 Å². The van der Waals surface area contributed by atoms with E-state index in [0.717, 1.165) is 0 Å². The zero-order valence-corrected chi connectivity index (χ0v) is 6.09. The van der Waals surface area contributed by atoms with E-state index in [2.05, 4.69) is 37.0 Å². The molecule has 0 aliphatic rings. The quantitative estimate of drug-likeness (QED) is 0.554. The average Bonchev–Trinajstić information content (AvgIpc) is 2.24. The maximum absolute atomic E-state index is 7.83. The Labute approximate surface area is 57.9 Å². The molecule has 8 heavy (non-hydrogen) atoms. The fourth-order valence-electron chi connectivity index (χ4n) is 0.361. The first-order valence-electron chi connectivity index (χ1n) is 2.06. The highest BCUT2D eigenvalue weighted by Crippen LogP contribution is 2.03. The van der Waals surface area contributed by atoms with Crippen molar-refractivity contribution >= 4 is 23.9 Å². The maximum atomic E-state index is 7.83. The minimum absolute atomic E-state index is 1.38. The highest BCUT2D eigenvalue weighted by Gasteiger charge is 1.74. The second-order valence-electron chi connectivity index (χ2n) is 1.22. The third-order valence-corrected chi connectivity index (χ3v) is 1.46. The van der Waals surface area contributed by atoms with Gasteiger partial charge in [0.15, 0.2) is 12.5 Å². The third kappa shape index (κ3) is 2.82. The number of rotatable bonds is 0. The van der Waals surface area contributed by atoms with Crippen LogP contribution in [0.25, 0.3) is 0 Å². The summed E-state index contributed by atoms with van der Waals surface area (Å²) < 4.78 is 7.83. The Kier molecular flexibility index (Phi) is 4.70. The van der Waals surface area contributed by atoms with Gasteiger partial charge in [0.25, 0.3) is 0 Å². The summed E-state index contributed by atoms with van der Waals surface area (Å²) in [4.78, 5) is 1.38. The maximum Gasteiger partial charge on any atom is 0.197 e. The average molecular weight is 146 g/mol. The van der Waals surface area contributed by atoms with Crippen LogP contribution in [0.3, 0.4) is 0 Å². The molecule has 0 N–H and O–H groups in total. The van der Waals surface area contributed by atoms with Gasteiger partial charge >= 0.3 is 0 Å². The Morgan fingerprint density at radius 1 is 1.62 bits per heavy atom. The van der Waals surface area contributed by atoms with Crippen molar-refractivity contribution in [2.45, 2.75) is 6.92 Å². The molecule has 0 bridgehead atoms. The molecule has 0 aliphatic heterocycles. The van der Waals surface area contributed by atoms with E-state index in [1.807, 2.05) is 0 Å². The predicted molar refractivity (Wildman–Crippen MR) is 37.2 cm³/mol. The van der Waals surface area contributed by atoms with Crippen LogP contribution in [0.1, 0.15) is 4.88 Å². The molecule has 1 rings (SSSR count). The molecule has 0 saturated carbocycles.